The number of allylic oxidation sites excluding steroid dienone is 1. The molecular formula is C20H19ClO6. The van der Waals surface area contributed by atoms with Crippen molar-refractivity contribution in [3.8, 4) is 17.2 Å². The molecule has 0 radical (unpaired) electrons. The maximum Gasteiger partial charge on any atom is 0.343 e. The Bertz CT molecular complexity index is 842. The van der Waals surface area contributed by atoms with Gasteiger partial charge in [-0.25, -0.2) is 4.79 Å². The number of hydrogen-bond donors (Lipinski definition) is 0. The molecule has 2 aromatic rings. The highest BCUT2D eigenvalue weighted by atomic mass is 35.5. The third kappa shape index (κ3) is 5.49. The molecule has 0 heterocycles. The van der Waals surface area contributed by atoms with Crippen LogP contribution in [-0.2, 0) is 9.53 Å². The highest BCUT2D eigenvalue weighted by molar-refractivity contribution is 6.32. The van der Waals surface area contributed by atoms with Crippen LogP contribution >= 0.6 is 11.6 Å². The molecule has 0 saturated carbocycles. The van der Waals surface area contributed by atoms with Crippen LogP contribution in [0.4, 0.5) is 0 Å². The second kappa shape index (κ2) is 9.64. The molecule has 0 unspecified atom stereocenters. The van der Waals surface area contributed by atoms with Gasteiger partial charge in [0, 0.05) is 5.56 Å². The number of benzene rings is 2. The first-order chi connectivity index (χ1) is 13.0. The van der Waals surface area contributed by atoms with Crippen molar-refractivity contribution < 1.29 is 28.5 Å². The summed E-state index contributed by atoms with van der Waals surface area (Å²) in [6.07, 6.45) is 3.05. The number of methoxy groups -OCH3 is 3. The lowest BCUT2D eigenvalue weighted by atomic mass is 10.1. The Labute approximate surface area is 162 Å². The van der Waals surface area contributed by atoms with Crippen LogP contribution in [0.1, 0.15) is 15.9 Å². The van der Waals surface area contributed by atoms with Gasteiger partial charge in [-0.05, 0) is 48.0 Å². The zero-order chi connectivity index (χ0) is 19.8. The lowest BCUT2D eigenvalue weighted by molar-refractivity contribution is -0.142. The lowest BCUT2D eigenvalue weighted by Crippen LogP contribution is -2.13. The van der Waals surface area contributed by atoms with Crippen LogP contribution in [0.15, 0.2) is 42.5 Å². The van der Waals surface area contributed by atoms with Crippen molar-refractivity contribution in [3.05, 3.63) is 58.6 Å². The highest BCUT2D eigenvalue weighted by Crippen LogP contribution is 2.36. The average Bonchev–Trinajstić information content (AvgIpc) is 2.70. The van der Waals surface area contributed by atoms with Crippen LogP contribution in [0.25, 0.3) is 6.08 Å². The number of carbonyl (C=O) groups is 2. The number of halogens is 1. The molecule has 7 heteroatoms. The molecule has 0 fully saturated rings. The summed E-state index contributed by atoms with van der Waals surface area (Å²) in [5, 5.41) is 0.245. The second-order valence-electron chi connectivity index (χ2n) is 5.33. The van der Waals surface area contributed by atoms with E-state index in [2.05, 4.69) is 4.74 Å². The van der Waals surface area contributed by atoms with E-state index in [-0.39, 0.29) is 23.2 Å². The summed E-state index contributed by atoms with van der Waals surface area (Å²) in [4.78, 5) is 23.5. The standard InChI is InChI=1S/C20H19ClO6/c1-24-15-7-5-14(6-8-15)17(22)9-4-13-10-16(21)20(18(11-13)25-2)27-12-19(23)26-3/h4-11H,12H2,1-3H3/b9-4+. The van der Waals surface area contributed by atoms with Crippen molar-refractivity contribution in [3.63, 3.8) is 0 Å². The number of carbonyl (C=O) groups excluding carboxylic acids is 2. The van der Waals surface area contributed by atoms with Crippen molar-refractivity contribution in [1.29, 1.82) is 0 Å². The van der Waals surface area contributed by atoms with E-state index >= 15 is 0 Å². The maximum absolute atomic E-state index is 12.3. The zero-order valence-corrected chi connectivity index (χ0v) is 15.9. The molecule has 2 rings (SSSR count). The molecule has 142 valence electrons. The van der Waals surface area contributed by atoms with Crippen molar-refractivity contribution >= 4 is 29.4 Å². The number of rotatable bonds is 8. The predicted octanol–water partition coefficient (Wildman–Crippen LogP) is 3.81. The fourth-order valence-electron chi connectivity index (χ4n) is 2.19. The van der Waals surface area contributed by atoms with Crippen molar-refractivity contribution in [2.45, 2.75) is 0 Å². The van der Waals surface area contributed by atoms with E-state index in [0.29, 0.717) is 22.6 Å². The van der Waals surface area contributed by atoms with E-state index in [1.54, 1.807) is 49.6 Å². The molecular weight excluding hydrogens is 372 g/mol. The second-order valence-corrected chi connectivity index (χ2v) is 5.73. The summed E-state index contributed by atoms with van der Waals surface area (Å²) in [6, 6.07) is 10.1. The van der Waals surface area contributed by atoms with Gasteiger partial charge in [0.1, 0.15) is 5.75 Å². The molecule has 0 N–H and O–H groups in total. The van der Waals surface area contributed by atoms with Crippen LogP contribution in [0.2, 0.25) is 5.02 Å². The Morgan fingerprint density at radius 2 is 1.74 bits per heavy atom. The predicted molar refractivity (Wildman–Crippen MR) is 102 cm³/mol. The minimum absolute atomic E-state index is 0.168. The van der Waals surface area contributed by atoms with Crippen molar-refractivity contribution in [2.24, 2.45) is 0 Å². The number of ether oxygens (including phenoxy) is 4. The Hall–Kier alpha value is -2.99. The molecule has 6 nitrogen and oxygen atoms in total. The lowest BCUT2D eigenvalue weighted by Gasteiger charge is -2.12. The van der Waals surface area contributed by atoms with Crippen LogP contribution in [0, 0.1) is 0 Å². The molecule has 0 atom stereocenters. The fraction of sp³-hybridized carbons (Fsp3) is 0.200. The first-order valence-electron chi connectivity index (χ1n) is 7.92. The van der Waals surface area contributed by atoms with E-state index in [1.807, 2.05) is 0 Å². The Kier molecular flexibility index (Phi) is 7.25. The third-order valence-corrected chi connectivity index (χ3v) is 3.90. The molecule has 0 aromatic heterocycles. The maximum atomic E-state index is 12.3. The Morgan fingerprint density at radius 3 is 2.33 bits per heavy atom. The minimum Gasteiger partial charge on any atom is -0.497 e. The molecule has 0 aliphatic heterocycles. The topological polar surface area (TPSA) is 71.1 Å². The molecule has 0 aliphatic carbocycles. The number of esters is 1. The quantitative estimate of drug-likeness (QED) is 0.388. The highest BCUT2D eigenvalue weighted by Gasteiger charge is 2.13. The van der Waals surface area contributed by atoms with Crippen LogP contribution in [0.3, 0.4) is 0 Å². The summed E-state index contributed by atoms with van der Waals surface area (Å²) >= 11 is 6.22. The molecule has 27 heavy (non-hydrogen) atoms. The molecule has 0 spiro atoms. The summed E-state index contributed by atoms with van der Waals surface area (Å²) in [7, 11) is 4.28. The monoisotopic (exact) mass is 390 g/mol. The largest absolute Gasteiger partial charge is 0.497 e. The normalized spacial score (nSPS) is 10.5. The first kappa shape index (κ1) is 20.3. The van der Waals surface area contributed by atoms with E-state index < -0.39 is 5.97 Å². The summed E-state index contributed by atoms with van der Waals surface area (Å²) in [5.41, 5.74) is 1.17. The van der Waals surface area contributed by atoms with Crippen molar-refractivity contribution in [2.75, 3.05) is 27.9 Å². The van der Waals surface area contributed by atoms with Gasteiger partial charge in [-0.3, -0.25) is 4.79 Å². The average molecular weight is 391 g/mol. The SMILES string of the molecule is COC(=O)COc1c(Cl)cc(/C=C/C(=O)c2ccc(OC)cc2)cc1OC. The van der Waals surface area contributed by atoms with E-state index in [9.17, 15) is 9.59 Å². The third-order valence-electron chi connectivity index (χ3n) is 3.62. The van der Waals surface area contributed by atoms with Gasteiger partial charge in [0.15, 0.2) is 23.9 Å². The van der Waals surface area contributed by atoms with Crippen LogP contribution in [-0.4, -0.2) is 39.7 Å². The van der Waals surface area contributed by atoms with Crippen LogP contribution < -0.4 is 14.2 Å². The van der Waals surface area contributed by atoms with Gasteiger partial charge in [0.25, 0.3) is 0 Å². The molecule has 0 aliphatic rings. The molecule has 0 bridgehead atoms. The van der Waals surface area contributed by atoms with Gasteiger partial charge in [-0.2, -0.15) is 0 Å². The van der Waals surface area contributed by atoms with Crippen molar-refractivity contribution in [1.82, 2.24) is 0 Å². The number of hydrogen-bond acceptors (Lipinski definition) is 6. The van der Waals surface area contributed by atoms with Gasteiger partial charge in [0.2, 0.25) is 0 Å². The first-order valence-corrected chi connectivity index (χ1v) is 8.30. The fourth-order valence-corrected chi connectivity index (χ4v) is 2.46. The van der Waals surface area contributed by atoms with Gasteiger partial charge in [-0.1, -0.05) is 17.7 Å². The van der Waals surface area contributed by atoms with E-state index in [1.165, 1.54) is 20.3 Å². The van der Waals surface area contributed by atoms with E-state index in [4.69, 9.17) is 25.8 Å². The summed E-state index contributed by atoms with van der Waals surface area (Å²) < 4.78 is 20.2. The molecule has 2 aromatic carbocycles. The van der Waals surface area contributed by atoms with Gasteiger partial charge in [-0.15, -0.1) is 0 Å². The van der Waals surface area contributed by atoms with Crippen LogP contribution in [0.5, 0.6) is 17.2 Å². The molecule has 0 saturated heterocycles. The van der Waals surface area contributed by atoms with E-state index in [0.717, 1.165) is 0 Å². The zero-order valence-electron chi connectivity index (χ0n) is 15.2. The van der Waals surface area contributed by atoms with Gasteiger partial charge < -0.3 is 18.9 Å². The Morgan fingerprint density at radius 1 is 1.04 bits per heavy atom. The minimum atomic E-state index is -0.540. The van der Waals surface area contributed by atoms with Gasteiger partial charge in [0.05, 0.1) is 26.4 Å². The smallest absolute Gasteiger partial charge is 0.343 e. The van der Waals surface area contributed by atoms with Gasteiger partial charge >= 0.3 is 5.97 Å². The molecule has 0 amide bonds. The number of ketones is 1. The Balaban J connectivity index is 2.17. The summed E-state index contributed by atoms with van der Waals surface area (Å²) in [5.74, 6) is 0.529. The summed E-state index contributed by atoms with van der Waals surface area (Å²) in [6.45, 7) is -0.294.